The van der Waals surface area contributed by atoms with Crippen molar-refractivity contribution >= 4 is 31.6 Å². The molecule has 0 atom stereocenters. The van der Waals surface area contributed by atoms with Crippen LogP contribution in [-0.2, 0) is 20.0 Å². The lowest BCUT2D eigenvalue weighted by molar-refractivity contribution is 0.519. The van der Waals surface area contributed by atoms with Gasteiger partial charge in [0.2, 0.25) is 20.0 Å². The summed E-state index contributed by atoms with van der Waals surface area (Å²) in [5, 5.41) is 8.74. The lowest BCUT2D eigenvalue weighted by Crippen LogP contribution is -2.33. The SMILES string of the molecule is CN(C)S(=O)(=O)CCNS(=O)(=O)c1ccc(C#N)c(Cl)c1. The van der Waals surface area contributed by atoms with Gasteiger partial charge in [-0.1, -0.05) is 11.6 Å². The first-order valence-corrected chi connectivity index (χ1v) is 9.17. The van der Waals surface area contributed by atoms with E-state index in [9.17, 15) is 16.8 Å². The third kappa shape index (κ3) is 4.66. The Balaban J connectivity index is 2.84. The highest BCUT2D eigenvalue weighted by atomic mass is 35.5. The van der Waals surface area contributed by atoms with Gasteiger partial charge < -0.3 is 0 Å². The smallest absolute Gasteiger partial charge is 0.212 e. The maximum Gasteiger partial charge on any atom is 0.240 e. The quantitative estimate of drug-likeness (QED) is 0.797. The largest absolute Gasteiger partial charge is 0.240 e. The molecule has 1 aromatic rings. The number of rotatable bonds is 6. The molecule has 0 fully saturated rings. The van der Waals surface area contributed by atoms with E-state index < -0.39 is 20.0 Å². The van der Waals surface area contributed by atoms with E-state index in [0.717, 1.165) is 10.4 Å². The lowest BCUT2D eigenvalue weighted by atomic mass is 10.2. The first-order valence-electron chi connectivity index (χ1n) is 5.69. The molecule has 0 amide bonds. The molecule has 1 rings (SSSR count). The Bertz CT molecular complexity index is 767. The predicted molar refractivity (Wildman–Crippen MR) is 78.8 cm³/mol. The molecule has 0 aliphatic carbocycles. The van der Waals surface area contributed by atoms with E-state index in [4.69, 9.17) is 16.9 Å². The van der Waals surface area contributed by atoms with Crippen molar-refractivity contribution in [3.63, 3.8) is 0 Å². The molecule has 7 nitrogen and oxygen atoms in total. The summed E-state index contributed by atoms with van der Waals surface area (Å²) in [7, 11) is -4.64. The number of halogens is 1. The fourth-order valence-electron chi connectivity index (χ4n) is 1.32. The van der Waals surface area contributed by atoms with E-state index in [2.05, 4.69) is 4.72 Å². The first kappa shape index (κ1) is 17.9. The second-order valence-corrected chi connectivity index (χ2v) is 8.73. The minimum atomic E-state index is -3.88. The molecule has 116 valence electrons. The summed E-state index contributed by atoms with van der Waals surface area (Å²) >= 11 is 5.77. The Morgan fingerprint density at radius 1 is 1.29 bits per heavy atom. The fraction of sp³-hybridized carbons (Fsp3) is 0.364. The van der Waals surface area contributed by atoms with E-state index in [1.807, 2.05) is 6.07 Å². The zero-order chi connectivity index (χ0) is 16.3. The Hall–Kier alpha value is -1.18. The summed E-state index contributed by atoms with van der Waals surface area (Å²) in [4.78, 5) is -0.131. The van der Waals surface area contributed by atoms with Crippen LogP contribution in [0.15, 0.2) is 23.1 Å². The molecule has 0 aromatic heterocycles. The van der Waals surface area contributed by atoms with Crippen molar-refractivity contribution < 1.29 is 16.8 Å². The maximum absolute atomic E-state index is 12.0. The minimum Gasteiger partial charge on any atom is -0.212 e. The first-order chi connectivity index (χ1) is 9.60. The number of hydrogen-bond acceptors (Lipinski definition) is 5. The van der Waals surface area contributed by atoms with Crippen LogP contribution >= 0.6 is 11.6 Å². The molecule has 1 N–H and O–H groups in total. The molecular weight excluding hydrogens is 338 g/mol. The van der Waals surface area contributed by atoms with E-state index >= 15 is 0 Å². The van der Waals surface area contributed by atoms with Gasteiger partial charge in [0.05, 0.1) is 21.2 Å². The third-order valence-electron chi connectivity index (χ3n) is 2.58. The standard InChI is InChI=1S/C11H14ClN3O4S2/c1-15(2)20(16,17)6-5-14-21(18,19)10-4-3-9(8-13)11(12)7-10/h3-4,7,14H,5-6H2,1-2H3. The number of hydrogen-bond donors (Lipinski definition) is 1. The van der Waals surface area contributed by atoms with Gasteiger partial charge in [0.1, 0.15) is 6.07 Å². The molecular formula is C11H14ClN3O4S2. The van der Waals surface area contributed by atoms with Crippen molar-refractivity contribution in [2.75, 3.05) is 26.4 Å². The van der Waals surface area contributed by atoms with Gasteiger partial charge >= 0.3 is 0 Å². The van der Waals surface area contributed by atoms with E-state index in [0.29, 0.717) is 0 Å². The maximum atomic E-state index is 12.0. The van der Waals surface area contributed by atoms with Gasteiger partial charge in [-0.3, -0.25) is 0 Å². The van der Waals surface area contributed by atoms with Crippen LogP contribution in [-0.4, -0.2) is 47.5 Å². The van der Waals surface area contributed by atoms with E-state index in [1.54, 1.807) is 0 Å². The normalized spacial score (nSPS) is 12.3. The molecule has 0 bridgehead atoms. The van der Waals surface area contributed by atoms with E-state index in [-0.39, 0.29) is 27.8 Å². The Kier molecular flexibility index (Phi) is 5.72. The van der Waals surface area contributed by atoms with Gasteiger partial charge in [-0.05, 0) is 18.2 Å². The van der Waals surface area contributed by atoms with Gasteiger partial charge in [-0.2, -0.15) is 5.26 Å². The number of nitrogens with one attached hydrogen (secondary N) is 1. The van der Waals surface area contributed by atoms with Crippen molar-refractivity contribution in [2.45, 2.75) is 4.90 Å². The highest BCUT2D eigenvalue weighted by Crippen LogP contribution is 2.19. The van der Waals surface area contributed by atoms with E-state index in [1.165, 1.54) is 26.2 Å². The van der Waals surface area contributed by atoms with Crippen molar-refractivity contribution in [2.24, 2.45) is 0 Å². The van der Waals surface area contributed by atoms with Gasteiger partial charge in [0.25, 0.3) is 0 Å². The van der Waals surface area contributed by atoms with Gasteiger partial charge in [0.15, 0.2) is 0 Å². The Morgan fingerprint density at radius 3 is 2.38 bits per heavy atom. The van der Waals surface area contributed by atoms with Crippen molar-refractivity contribution in [3.05, 3.63) is 28.8 Å². The molecule has 0 aliphatic heterocycles. The van der Waals surface area contributed by atoms with Crippen LogP contribution in [0, 0.1) is 11.3 Å². The number of sulfonamides is 2. The van der Waals surface area contributed by atoms with Crippen LogP contribution < -0.4 is 4.72 Å². The summed E-state index contributed by atoms with van der Waals surface area (Å²) in [6.07, 6.45) is 0. The molecule has 1 aromatic carbocycles. The van der Waals surface area contributed by atoms with Crippen LogP contribution in [0.5, 0.6) is 0 Å². The van der Waals surface area contributed by atoms with Crippen molar-refractivity contribution in [3.8, 4) is 6.07 Å². The molecule has 0 heterocycles. The zero-order valence-corrected chi connectivity index (χ0v) is 13.8. The summed E-state index contributed by atoms with van der Waals surface area (Å²) in [5.41, 5.74) is 0.158. The zero-order valence-electron chi connectivity index (χ0n) is 11.4. The van der Waals surface area contributed by atoms with Crippen LogP contribution in [0.3, 0.4) is 0 Å². The van der Waals surface area contributed by atoms with Crippen LogP contribution in [0.25, 0.3) is 0 Å². The lowest BCUT2D eigenvalue weighted by Gasteiger charge is -2.12. The summed E-state index contributed by atoms with van der Waals surface area (Å²) in [6.45, 7) is -0.263. The van der Waals surface area contributed by atoms with Gasteiger partial charge in [-0.25, -0.2) is 25.9 Å². The molecule has 0 radical (unpaired) electrons. The second kappa shape index (κ2) is 6.72. The van der Waals surface area contributed by atoms with Crippen molar-refractivity contribution in [1.29, 1.82) is 5.26 Å². The number of nitrogens with zero attached hydrogens (tertiary/aromatic N) is 2. The number of nitriles is 1. The molecule has 0 aliphatic rings. The Morgan fingerprint density at radius 2 is 1.90 bits per heavy atom. The second-order valence-electron chi connectivity index (χ2n) is 4.25. The topological polar surface area (TPSA) is 107 Å². The molecule has 0 spiro atoms. The summed E-state index contributed by atoms with van der Waals surface area (Å²) in [6, 6.07) is 5.47. The van der Waals surface area contributed by atoms with Crippen LogP contribution in [0.2, 0.25) is 5.02 Å². The van der Waals surface area contributed by atoms with Crippen molar-refractivity contribution in [1.82, 2.24) is 9.03 Å². The van der Waals surface area contributed by atoms with Crippen LogP contribution in [0.1, 0.15) is 5.56 Å². The Labute approximate surface area is 129 Å². The van der Waals surface area contributed by atoms with Crippen LogP contribution in [0.4, 0.5) is 0 Å². The van der Waals surface area contributed by atoms with Gasteiger partial charge in [-0.15, -0.1) is 0 Å². The summed E-state index contributed by atoms with van der Waals surface area (Å²) in [5.74, 6) is -0.358. The molecule has 10 heteroatoms. The summed E-state index contributed by atoms with van der Waals surface area (Å²) < 4.78 is 50.2. The number of benzene rings is 1. The molecule has 21 heavy (non-hydrogen) atoms. The molecule has 0 saturated carbocycles. The third-order valence-corrected chi connectivity index (χ3v) is 6.18. The van der Waals surface area contributed by atoms with Gasteiger partial charge in [0, 0.05) is 20.6 Å². The average Bonchev–Trinajstić information content (AvgIpc) is 2.37. The molecule has 0 saturated heterocycles. The predicted octanol–water partition coefficient (Wildman–Crippen LogP) is 0.381. The minimum absolute atomic E-state index is 0.0151. The fourth-order valence-corrected chi connectivity index (χ4v) is 3.52. The monoisotopic (exact) mass is 351 g/mol. The highest BCUT2D eigenvalue weighted by molar-refractivity contribution is 7.90. The highest BCUT2D eigenvalue weighted by Gasteiger charge is 2.18. The average molecular weight is 352 g/mol. The molecule has 0 unspecified atom stereocenters.